The maximum atomic E-state index is 15.3. The maximum Gasteiger partial charge on any atom is 0.247 e. The number of hydrogen-bond acceptors (Lipinski definition) is 8. The van der Waals surface area contributed by atoms with Gasteiger partial charge in [0.1, 0.15) is 24.8 Å². The number of benzene rings is 1. The minimum Gasteiger partial charge on any atom is -0.340 e. The van der Waals surface area contributed by atoms with E-state index in [9.17, 15) is 4.79 Å². The van der Waals surface area contributed by atoms with Crippen LogP contribution < -0.4 is 0 Å². The van der Waals surface area contributed by atoms with Gasteiger partial charge in [-0.2, -0.15) is 4.68 Å². The average molecular weight is 562 g/mol. The molecule has 0 unspecified atom stereocenters. The Morgan fingerprint density at radius 3 is 2.65 bits per heavy atom. The van der Waals surface area contributed by atoms with Crippen LogP contribution >= 0.6 is 11.6 Å². The van der Waals surface area contributed by atoms with E-state index >= 15 is 8.78 Å². The Balaban J connectivity index is 1.20. The lowest BCUT2D eigenvalue weighted by molar-refractivity contribution is -0.129. The quantitative estimate of drug-likeness (QED) is 0.344. The third-order valence-electron chi connectivity index (χ3n) is 7.24. The highest BCUT2D eigenvalue weighted by Crippen LogP contribution is 2.44. The zero-order valence-electron chi connectivity index (χ0n) is 20.5. The van der Waals surface area contributed by atoms with Crippen LogP contribution in [-0.2, 0) is 4.79 Å². The highest BCUT2D eigenvalue weighted by Gasteiger charge is 2.42. The first-order chi connectivity index (χ1) is 19.5. The molecule has 200 valence electrons. The van der Waals surface area contributed by atoms with Crippen LogP contribution in [0.15, 0.2) is 55.7 Å². The lowest BCUT2D eigenvalue weighted by Gasteiger charge is -2.33. The van der Waals surface area contributed by atoms with Gasteiger partial charge in [-0.15, -0.1) is 15.3 Å². The summed E-state index contributed by atoms with van der Waals surface area (Å²) in [6.45, 7) is 0. The first-order valence-electron chi connectivity index (χ1n) is 12.3. The largest absolute Gasteiger partial charge is 0.340 e. The summed E-state index contributed by atoms with van der Waals surface area (Å²) in [5, 5.41) is 18.5. The van der Waals surface area contributed by atoms with Crippen molar-refractivity contribution in [1.29, 1.82) is 0 Å². The standard InChI is InChI=1S/C25H18ClF2N11O/c26-16-2-4-18(38-12-33-35-36-38)21(23(16)28)13-7-14-1-3-19(39(14)20(40)8-13)24-30-9-17(34-24)15-5-6-29-25(22(15)27)37-10-31-32-11-37/h2,4-6,8-12,14,19H,1,3,7H2,(H,30,34)/t14-,19-/m1/s1. The van der Waals surface area contributed by atoms with Crippen LogP contribution in [0.3, 0.4) is 0 Å². The number of pyridine rings is 1. The number of aromatic amines is 1. The molecule has 6 heterocycles. The molecular weight excluding hydrogens is 544 g/mol. The van der Waals surface area contributed by atoms with Crippen molar-refractivity contribution in [3.8, 4) is 22.8 Å². The molecule has 12 nitrogen and oxygen atoms in total. The number of nitrogens with one attached hydrogen (secondary N) is 1. The third-order valence-corrected chi connectivity index (χ3v) is 7.53. The van der Waals surface area contributed by atoms with Crippen molar-refractivity contribution in [1.82, 2.24) is 54.8 Å². The molecule has 1 amide bonds. The number of fused-ring (bicyclic) bond motifs is 1. The third kappa shape index (κ3) is 3.87. The van der Waals surface area contributed by atoms with Crippen LogP contribution in [0.25, 0.3) is 28.3 Å². The number of halogens is 3. The summed E-state index contributed by atoms with van der Waals surface area (Å²) in [6, 6.07) is 4.04. The molecule has 15 heteroatoms. The van der Waals surface area contributed by atoms with Gasteiger partial charge in [-0.1, -0.05) is 11.6 Å². The van der Waals surface area contributed by atoms with Crippen molar-refractivity contribution >= 4 is 23.1 Å². The Kier molecular flexibility index (Phi) is 5.70. The van der Waals surface area contributed by atoms with Gasteiger partial charge in [0.05, 0.1) is 28.6 Å². The molecule has 1 aromatic carbocycles. The molecule has 1 fully saturated rings. The molecule has 0 spiro atoms. The fraction of sp³-hybridized carbons (Fsp3) is 0.200. The molecule has 0 radical (unpaired) electrons. The van der Waals surface area contributed by atoms with Crippen molar-refractivity contribution in [3.63, 3.8) is 0 Å². The number of nitrogens with zero attached hydrogens (tertiary/aromatic N) is 10. The van der Waals surface area contributed by atoms with Crippen LogP contribution in [0, 0.1) is 11.6 Å². The Labute approximate surface area is 229 Å². The molecule has 5 aromatic rings. The second-order valence-corrected chi connectivity index (χ2v) is 9.83. The molecule has 0 saturated carbocycles. The van der Waals surface area contributed by atoms with Gasteiger partial charge in [-0.05, 0) is 53.5 Å². The number of H-pyrrole nitrogens is 1. The van der Waals surface area contributed by atoms with E-state index in [0.29, 0.717) is 42.0 Å². The van der Waals surface area contributed by atoms with Gasteiger partial charge in [0.25, 0.3) is 0 Å². The van der Waals surface area contributed by atoms with Gasteiger partial charge in [0.15, 0.2) is 17.5 Å². The van der Waals surface area contributed by atoms with Crippen molar-refractivity contribution in [2.75, 3.05) is 0 Å². The summed E-state index contributed by atoms with van der Waals surface area (Å²) in [6.07, 6.45) is 10.2. The summed E-state index contributed by atoms with van der Waals surface area (Å²) in [5.41, 5.74) is 1.80. The Hall–Kier alpha value is -4.85. The first kappa shape index (κ1) is 24.2. The van der Waals surface area contributed by atoms with E-state index in [1.807, 2.05) is 0 Å². The Morgan fingerprint density at radius 2 is 1.85 bits per heavy atom. The van der Waals surface area contributed by atoms with Crippen LogP contribution in [-0.4, -0.2) is 66.8 Å². The minimum atomic E-state index is -0.641. The molecule has 2 atom stereocenters. The number of tetrazole rings is 1. The molecule has 4 aromatic heterocycles. The number of carbonyl (C=O) groups is 1. The highest BCUT2D eigenvalue weighted by atomic mass is 35.5. The van der Waals surface area contributed by atoms with E-state index in [1.165, 1.54) is 52.8 Å². The zero-order chi connectivity index (χ0) is 27.4. The predicted octanol–water partition coefficient (Wildman–Crippen LogP) is 3.48. The Morgan fingerprint density at radius 1 is 1.00 bits per heavy atom. The minimum absolute atomic E-state index is 0.0535. The van der Waals surface area contributed by atoms with Gasteiger partial charge in [0, 0.05) is 29.4 Å². The van der Waals surface area contributed by atoms with E-state index in [1.54, 1.807) is 17.0 Å². The van der Waals surface area contributed by atoms with Crippen molar-refractivity contribution in [2.45, 2.75) is 31.3 Å². The van der Waals surface area contributed by atoms with Crippen LogP contribution in [0.5, 0.6) is 0 Å². The fourth-order valence-corrected chi connectivity index (χ4v) is 5.64. The van der Waals surface area contributed by atoms with Crippen LogP contribution in [0.1, 0.15) is 36.7 Å². The van der Waals surface area contributed by atoms with Gasteiger partial charge < -0.3 is 9.88 Å². The number of aromatic nitrogens is 10. The highest BCUT2D eigenvalue weighted by molar-refractivity contribution is 6.31. The topological polar surface area (TPSA) is 136 Å². The summed E-state index contributed by atoms with van der Waals surface area (Å²) in [5.74, 6) is -0.896. The van der Waals surface area contributed by atoms with Crippen molar-refractivity contribution in [3.05, 3.63) is 83.7 Å². The number of amides is 1. The molecule has 1 saturated heterocycles. The van der Waals surface area contributed by atoms with Gasteiger partial charge in [-0.25, -0.2) is 18.7 Å². The van der Waals surface area contributed by atoms with Crippen LogP contribution in [0.4, 0.5) is 8.78 Å². The van der Waals surface area contributed by atoms with Crippen LogP contribution in [0.2, 0.25) is 5.02 Å². The molecule has 40 heavy (non-hydrogen) atoms. The molecule has 2 aliphatic rings. The molecule has 1 N–H and O–H groups in total. The first-order valence-corrected chi connectivity index (χ1v) is 12.7. The Bertz CT molecular complexity index is 1770. The number of hydrogen-bond donors (Lipinski definition) is 1. The predicted molar refractivity (Wildman–Crippen MR) is 136 cm³/mol. The molecule has 0 bridgehead atoms. The lowest BCUT2D eigenvalue weighted by Crippen LogP contribution is -2.39. The summed E-state index contributed by atoms with van der Waals surface area (Å²) in [4.78, 5) is 27.0. The zero-order valence-corrected chi connectivity index (χ0v) is 21.2. The maximum absolute atomic E-state index is 15.3. The van der Waals surface area contributed by atoms with E-state index in [0.717, 1.165) is 0 Å². The SMILES string of the molecule is O=C1C=C(c2c(-n3cnnn3)ccc(Cl)c2F)C[C@H]2CC[C@H](c3ncc(-c4ccnc(-n5cnnc5)c4F)[nH]3)N12. The molecule has 0 aliphatic carbocycles. The normalized spacial score (nSPS) is 18.7. The van der Waals surface area contributed by atoms with Gasteiger partial charge >= 0.3 is 0 Å². The molecular formula is C25H18ClF2N11O. The van der Waals surface area contributed by atoms with Crippen molar-refractivity contribution in [2.24, 2.45) is 0 Å². The van der Waals surface area contributed by atoms with Gasteiger partial charge in [-0.3, -0.25) is 9.36 Å². The monoisotopic (exact) mass is 561 g/mol. The number of imidazole rings is 1. The fourth-order valence-electron chi connectivity index (χ4n) is 5.48. The number of rotatable bonds is 5. The summed E-state index contributed by atoms with van der Waals surface area (Å²) < 4.78 is 33.4. The second-order valence-electron chi connectivity index (χ2n) is 9.42. The number of carbonyl (C=O) groups excluding carboxylic acids is 1. The summed E-state index contributed by atoms with van der Waals surface area (Å²) >= 11 is 6.11. The smallest absolute Gasteiger partial charge is 0.247 e. The van der Waals surface area contributed by atoms with Crippen molar-refractivity contribution < 1.29 is 13.6 Å². The van der Waals surface area contributed by atoms with E-state index < -0.39 is 11.6 Å². The van der Waals surface area contributed by atoms with E-state index in [2.05, 4.69) is 40.7 Å². The van der Waals surface area contributed by atoms with E-state index in [-0.39, 0.29) is 40.0 Å². The van der Waals surface area contributed by atoms with Gasteiger partial charge in [0.2, 0.25) is 5.91 Å². The summed E-state index contributed by atoms with van der Waals surface area (Å²) in [7, 11) is 0. The second kappa shape index (κ2) is 9.41. The lowest BCUT2D eigenvalue weighted by atomic mass is 9.92. The van der Waals surface area contributed by atoms with E-state index in [4.69, 9.17) is 11.6 Å². The average Bonchev–Trinajstić information content (AvgIpc) is 3.77. The molecule has 2 aliphatic heterocycles. The molecule has 7 rings (SSSR count).